The molecular weight excluding hydrogens is 473 g/mol. The van der Waals surface area contributed by atoms with Gasteiger partial charge in [-0.3, -0.25) is 9.59 Å². The van der Waals surface area contributed by atoms with Crippen LogP contribution in [0.15, 0.2) is 53.4 Å². The highest BCUT2D eigenvalue weighted by Gasteiger charge is 2.37. The lowest BCUT2D eigenvalue weighted by molar-refractivity contribution is -0.139. The molecule has 2 aromatic rings. The van der Waals surface area contributed by atoms with Crippen LogP contribution in [0.4, 0.5) is 24.5 Å². The summed E-state index contributed by atoms with van der Waals surface area (Å²) in [6, 6.07) is 9.23. The highest BCUT2D eigenvalue weighted by atomic mass is 32.2. The summed E-state index contributed by atoms with van der Waals surface area (Å²) < 4.78 is 66.6. The normalized spacial score (nSPS) is 16.2. The lowest BCUT2D eigenvalue weighted by Crippen LogP contribution is -2.42. The van der Waals surface area contributed by atoms with Gasteiger partial charge in [-0.05, 0) is 56.2 Å². The molecule has 1 aliphatic rings. The second-order valence-electron chi connectivity index (χ2n) is 8.04. The minimum atomic E-state index is -4.87. The van der Waals surface area contributed by atoms with Crippen molar-refractivity contribution in [3.8, 4) is 0 Å². The predicted molar refractivity (Wildman–Crippen MR) is 120 cm³/mol. The molecule has 0 radical (unpaired) electrons. The molecule has 1 atom stereocenters. The molecule has 34 heavy (non-hydrogen) atoms. The van der Waals surface area contributed by atoms with E-state index in [2.05, 4.69) is 10.2 Å². The molecule has 3 rings (SSSR count). The van der Waals surface area contributed by atoms with Gasteiger partial charge in [0.25, 0.3) is 0 Å². The van der Waals surface area contributed by atoms with Crippen molar-refractivity contribution in [3.05, 3.63) is 54.1 Å². The number of primary amides is 1. The zero-order chi connectivity index (χ0) is 25.1. The van der Waals surface area contributed by atoms with Gasteiger partial charge in [0, 0.05) is 30.4 Å². The van der Waals surface area contributed by atoms with E-state index in [0.717, 1.165) is 17.8 Å². The number of alkyl halides is 3. The Morgan fingerprint density at radius 1 is 1.06 bits per heavy atom. The van der Waals surface area contributed by atoms with Crippen molar-refractivity contribution in [2.45, 2.75) is 36.9 Å². The number of nitrogens with one attached hydrogen (secondary N) is 2. The van der Waals surface area contributed by atoms with Crippen LogP contribution in [-0.2, 0) is 25.8 Å². The summed E-state index contributed by atoms with van der Waals surface area (Å²) in [5, 5.41) is 2.54. The number of halogens is 3. The summed E-state index contributed by atoms with van der Waals surface area (Å²) in [5.74, 6) is -1.17. The molecule has 0 saturated carbocycles. The average molecular weight is 499 g/mol. The van der Waals surface area contributed by atoms with Gasteiger partial charge < -0.3 is 16.0 Å². The number of piperidine rings is 1. The molecular formula is C22H25F3N4O4S. The molecule has 2 aromatic carbocycles. The van der Waals surface area contributed by atoms with E-state index in [0.29, 0.717) is 37.7 Å². The Hall–Kier alpha value is -3.12. The molecule has 1 fully saturated rings. The van der Waals surface area contributed by atoms with Gasteiger partial charge in [0.15, 0.2) is 0 Å². The maximum atomic E-state index is 13.2. The van der Waals surface area contributed by atoms with Gasteiger partial charge >= 0.3 is 6.18 Å². The standard InChI is InChI=1S/C22H25F3N4O4S/c1-14(28-34(32,33)19-5-3-2-4-18(19)22(23,24)25)21(31)27-16-6-8-17(9-7-16)29-12-10-15(11-13-29)20(26)30/h2-9,14-15,28H,10-13H2,1H3,(H2,26,30)(H,27,31)/t14-/m0/s1. The van der Waals surface area contributed by atoms with Crippen LogP contribution in [0.25, 0.3) is 0 Å². The zero-order valence-corrected chi connectivity index (χ0v) is 19.1. The first kappa shape index (κ1) is 25.5. The van der Waals surface area contributed by atoms with Crippen molar-refractivity contribution in [2.75, 3.05) is 23.3 Å². The lowest BCUT2D eigenvalue weighted by atomic mass is 9.96. The first-order chi connectivity index (χ1) is 15.9. The molecule has 2 amide bonds. The third-order valence-corrected chi connectivity index (χ3v) is 7.20. The Morgan fingerprint density at radius 2 is 1.65 bits per heavy atom. The Labute approximate surface area is 195 Å². The van der Waals surface area contributed by atoms with E-state index in [4.69, 9.17) is 5.73 Å². The van der Waals surface area contributed by atoms with Gasteiger partial charge in [0.2, 0.25) is 21.8 Å². The number of nitrogens with two attached hydrogens (primary N) is 1. The SMILES string of the molecule is C[C@H](NS(=O)(=O)c1ccccc1C(F)(F)F)C(=O)Nc1ccc(N2CCC(C(N)=O)CC2)cc1. The van der Waals surface area contributed by atoms with E-state index < -0.39 is 38.6 Å². The quantitative estimate of drug-likeness (QED) is 0.542. The minimum absolute atomic E-state index is 0.136. The number of benzene rings is 2. The second kappa shape index (κ2) is 10.0. The highest BCUT2D eigenvalue weighted by Crippen LogP contribution is 2.34. The van der Waals surface area contributed by atoms with Crippen LogP contribution in [0.3, 0.4) is 0 Å². The molecule has 0 spiro atoms. The van der Waals surface area contributed by atoms with Gasteiger partial charge in [0.05, 0.1) is 16.5 Å². The second-order valence-corrected chi connectivity index (χ2v) is 9.72. The molecule has 1 heterocycles. The molecule has 4 N–H and O–H groups in total. The number of hydrogen-bond acceptors (Lipinski definition) is 5. The molecule has 0 aromatic heterocycles. The molecule has 1 aliphatic heterocycles. The number of sulfonamides is 1. The summed E-state index contributed by atoms with van der Waals surface area (Å²) in [7, 11) is -4.61. The smallest absolute Gasteiger partial charge is 0.371 e. The van der Waals surface area contributed by atoms with Gasteiger partial charge in [-0.25, -0.2) is 8.42 Å². The molecule has 0 unspecified atom stereocenters. The number of carbonyl (C=O) groups is 2. The molecule has 8 nitrogen and oxygen atoms in total. The fourth-order valence-corrected chi connectivity index (χ4v) is 5.14. The van der Waals surface area contributed by atoms with E-state index in [9.17, 15) is 31.2 Å². The molecule has 1 saturated heterocycles. The van der Waals surface area contributed by atoms with Gasteiger partial charge in [-0.2, -0.15) is 17.9 Å². The topological polar surface area (TPSA) is 122 Å². The average Bonchev–Trinajstić information content (AvgIpc) is 2.79. The van der Waals surface area contributed by atoms with Crippen LogP contribution in [0, 0.1) is 5.92 Å². The van der Waals surface area contributed by atoms with Crippen LogP contribution < -0.4 is 20.7 Å². The van der Waals surface area contributed by atoms with Crippen molar-refractivity contribution < 1.29 is 31.2 Å². The maximum absolute atomic E-state index is 13.2. The summed E-state index contributed by atoms with van der Waals surface area (Å²) >= 11 is 0. The Kier molecular flexibility index (Phi) is 7.51. The summed E-state index contributed by atoms with van der Waals surface area (Å²) in [6.45, 7) is 2.56. The third-order valence-electron chi connectivity index (χ3n) is 5.60. The van der Waals surface area contributed by atoms with Crippen molar-refractivity contribution in [1.82, 2.24) is 4.72 Å². The van der Waals surface area contributed by atoms with Crippen LogP contribution in [0.1, 0.15) is 25.3 Å². The van der Waals surface area contributed by atoms with E-state index in [1.165, 1.54) is 13.0 Å². The van der Waals surface area contributed by atoms with Crippen LogP contribution >= 0.6 is 0 Å². The molecule has 184 valence electrons. The van der Waals surface area contributed by atoms with Gasteiger partial charge in [-0.15, -0.1) is 0 Å². The van der Waals surface area contributed by atoms with Crippen molar-refractivity contribution in [1.29, 1.82) is 0 Å². The third kappa shape index (κ3) is 6.06. The lowest BCUT2D eigenvalue weighted by Gasteiger charge is -2.32. The van der Waals surface area contributed by atoms with E-state index in [-0.39, 0.29) is 11.8 Å². The number of hydrogen-bond donors (Lipinski definition) is 3. The Morgan fingerprint density at radius 3 is 2.21 bits per heavy atom. The number of amides is 2. The molecule has 0 aliphatic carbocycles. The monoisotopic (exact) mass is 498 g/mol. The summed E-state index contributed by atoms with van der Waals surface area (Å²) in [5.41, 5.74) is 5.31. The van der Waals surface area contributed by atoms with E-state index in [1.54, 1.807) is 24.3 Å². The van der Waals surface area contributed by atoms with E-state index >= 15 is 0 Å². The number of rotatable bonds is 7. The number of anilines is 2. The molecule has 0 bridgehead atoms. The first-order valence-corrected chi connectivity index (χ1v) is 12.0. The zero-order valence-electron chi connectivity index (χ0n) is 18.3. The van der Waals surface area contributed by atoms with Crippen molar-refractivity contribution >= 4 is 33.2 Å². The minimum Gasteiger partial charge on any atom is -0.371 e. The maximum Gasteiger partial charge on any atom is 0.417 e. The Bertz CT molecular complexity index is 1150. The fourth-order valence-electron chi connectivity index (χ4n) is 3.71. The van der Waals surface area contributed by atoms with Gasteiger partial charge in [-0.1, -0.05) is 12.1 Å². The Balaban J connectivity index is 1.62. The summed E-state index contributed by atoms with van der Waals surface area (Å²) in [6.07, 6.45) is -3.56. The van der Waals surface area contributed by atoms with Crippen molar-refractivity contribution in [2.24, 2.45) is 11.7 Å². The van der Waals surface area contributed by atoms with E-state index in [1.807, 2.05) is 4.72 Å². The first-order valence-electron chi connectivity index (χ1n) is 10.5. The van der Waals surface area contributed by atoms with Crippen molar-refractivity contribution in [3.63, 3.8) is 0 Å². The van der Waals surface area contributed by atoms with Crippen LogP contribution in [0.2, 0.25) is 0 Å². The number of carbonyl (C=O) groups excluding carboxylic acids is 2. The molecule has 12 heteroatoms. The largest absolute Gasteiger partial charge is 0.417 e. The van der Waals surface area contributed by atoms with Gasteiger partial charge in [0.1, 0.15) is 0 Å². The van der Waals surface area contributed by atoms with Crippen LogP contribution in [0.5, 0.6) is 0 Å². The predicted octanol–water partition coefficient (Wildman–Crippen LogP) is 2.71. The highest BCUT2D eigenvalue weighted by molar-refractivity contribution is 7.89. The van der Waals surface area contributed by atoms with Crippen LogP contribution in [-0.4, -0.2) is 39.4 Å². The summed E-state index contributed by atoms with van der Waals surface area (Å²) in [4.78, 5) is 24.9. The number of nitrogens with zero attached hydrogens (tertiary/aromatic N) is 1. The fraction of sp³-hybridized carbons (Fsp3) is 0.364.